The molecule has 2 aliphatic heterocycles. The molecule has 5 aromatic carbocycles. The maximum atomic E-state index is 12.1. The van der Waals surface area contributed by atoms with Crippen molar-refractivity contribution in [3.63, 3.8) is 0 Å². The van der Waals surface area contributed by atoms with Crippen LogP contribution in [0.1, 0.15) is 38.0 Å². The number of Topliss-reactive ketones (excluding diaryl/α,β-unsaturated/α-hetero) is 1. The second-order valence-electron chi connectivity index (χ2n) is 12.7. The van der Waals surface area contributed by atoms with E-state index in [4.69, 9.17) is 4.74 Å². The first-order chi connectivity index (χ1) is 28.5. The number of rotatable bonds is 5. The molecule has 0 fully saturated rings. The highest BCUT2D eigenvalue weighted by Crippen LogP contribution is 2.30. The molecule has 0 radical (unpaired) electrons. The zero-order valence-electron chi connectivity index (χ0n) is 31.6. The zero-order chi connectivity index (χ0) is 41.5. The van der Waals surface area contributed by atoms with E-state index in [0.717, 1.165) is 43.1 Å². The van der Waals surface area contributed by atoms with Crippen molar-refractivity contribution >= 4 is 88.1 Å². The van der Waals surface area contributed by atoms with Crippen LogP contribution in [0.5, 0.6) is 5.75 Å². The zero-order valence-corrected chi connectivity index (χ0v) is 34.8. The second kappa shape index (κ2) is 18.1. The van der Waals surface area contributed by atoms with Crippen LogP contribution < -0.4 is 15.2 Å². The highest BCUT2D eigenvalue weighted by Gasteiger charge is 2.36. The molecule has 10 rings (SSSR count). The summed E-state index contributed by atoms with van der Waals surface area (Å²) in [6.45, 7) is 2.49. The normalized spacial score (nSPS) is 12.8. The van der Waals surface area contributed by atoms with E-state index in [1.54, 1.807) is 76.9 Å². The van der Waals surface area contributed by atoms with Crippen molar-refractivity contribution in [2.75, 3.05) is 23.5 Å². The molecule has 59 heavy (non-hydrogen) atoms. The number of ether oxygens (including phenoxy) is 1. The van der Waals surface area contributed by atoms with E-state index in [0.29, 0.717) is 34.7 Å². The molecule has 3 aromatic heterocycles. The molecule has 0 bridgehead atoms. The lowest BCUT2D eigenvalue weighted by Gasteiger charge is -2.13. The highest BCUT2D eigenvalue weighted by molar-refractivity contribution is 8.00. The first-order valence-corrected chi connectivity index (χ1v) is 22.5. The van der Waals surface area contributed by atoms with Gasteiger partial charge in [0.25, 0.3) is 17.4 Å². The van der Waals surface area contributed by atoms with Gasteiger partial charge in [-0.25, -0.2) is 27.2 Å². The van der Waals surface area contributed by atoms with Gasteiger partial charge in [-0.15, -0.1) is 11.3 Å². The number of hydrogen-bond donors (Lipinski definition) is 0. The molecule has 0 aliphatic carbocycles. The molecule has 15 heteroatoms. The predicted octanol–water partition coefficient (Wildman–Crippen LogP) is 9.01. The Bertz CT molecular complexity index is 2950. The van der Waals surface area contributed by atoms with Gasteiger partial charge in [0.15, 0.2) is 5.78 Å². The molecule has 5 heterocycles. The average Bonchev–Trinajstić information content (AvgIpc) is 4.02. The molecular weight excluding hydrogens is 825 g/mol. The third-order valence-electron chi connectivity index (χ3n) is 8.67. The van der Waals surface area contributed by atoms with Crippen LogP contribution in [0.25, 0.3) is 26.0 Å². The number of sulfone groups is 1. The summed E-state index contributed by atoms with van der Waals surface area (Å²) in [6.07, 6.45) is 2.87. The Morgan fingerprint density at radius 1 is 0.695 bits per heavy atom. The standard InChI is InChI=1S/C14H9NO2.C13H9NOS.C10H11NO3S2.C7H5NOS/c16-13-11-8-4-5-9-12(11)14(17)15(13)10-6-2-1-3-7-10;15-13-11-8-4-5-9-12(11)16-14(13)10-6-2-1-3-7-10;1-3-14-7-4-5-8-9(6-7)15-10(11-8)16(2,12)13;9-6-4-10-7-5(6)2-1-3-8-7/h1-9H;1-9H;4-6H,3H2,1-2H3;1-3H,4H2. The number of hydrogen-bond acceptors (Lipinski definition) is 12. The number of thioether (sulfide) groups is 1. The molecule has 0 saturated carbocycles. The first kappa shape index (κ1) is 40.9. The number of carbonyl (C=O) groups is 3. The molecule has 2 aliphatic rings. The number of carbonyl (C=O) groups excluding carboxylic acids is 3. The van der Waals surface area contributed by atoms with Gasteiger partial charge in [0.1, 0.15) is 10.8 Å². The molecule has 0 unspecified atom stereocenters. The Kier molecular flexibility index (Phi) is 12.6. The fourth-order valence-electron chi connectivity index (χ4n) is 5.93. The monoisotopic (exact) mass is 858 g/mol. The number of nitrogens with zero attached hydrogens (tertiary/aromatic N) is 4. The van der Waals surface area contributed by atoms with Crippen LogP contribution in [-0.4, -0.2) is 58.6 Å². The number of aromatic nitrogens is 3. The Labute approximate surface area is 351 Å². The van der Waals surface area contributed by atoms with Gasteiger partial charge in [-0.1, -0.05) is 84.0 Å². The van der Waals surface area contributed by atoms with Crippen LogP contribution in [0, 0.1) is 0 Å². The lowest BCUT2D eigenvalue weighted by molar-refractivity contribution is 0.0924. The minimum absolute atomic E-state index is 0.0619. The largest absolute Gasteiger partial charge is 0.494 e. The highest BCUT2D eigenvalue weighted by atomic mass is 32.2. The lowest BCUT2D eigenvalue weighted by atomic mass is 10.1. The van der Waals surface area contributed by atoms with Crippen molar-refractivity contribution in [2.24, 2.45) is 0 Å². The lowest BCUT2D eigenvalue weighted by Crippen LogP contribution is -2.29. The van der Waals surface area contributed by atoms with Gasteiger partial charge in [0.2, 0.25) is 14.2 Å². The summed E-state index contributed by atoms with van der Waals surface area (Å²) < 4.78 is 31.7. The molecule has 0 spiro atoms. The van der Waals surface area contributed by atoms with Gasteiger partial charge in [-0.05, 0) is 85.8 Å². The minimum atomic E-state index is -3.22. The molecule has 0 atom stereocenters. The second-order valence-corrected chi connectivity index (χ2v) is 17.9. The van der Waals surface area contributed by atoms with Gasteiger partial charge >= 0.3 is 0 Å². The fraction of sp³-hybridized carbons (Fsp3) is 0.0909. The van der Waals surface area contributed by atoms with Gasteiger partial charge in [-0.2, -0.15) is 0 Å². The number of thiazole rings is 1. The Morgan fingerprint density at radius 2 is 1.31 bits per heavy atom. The number of anilines is 1. The molecule has 0 N–H and O–H groups in total. The van der Waals surface area contributed by atoms with Crippen LogP contribution >= 0.6 is 34.6 Å². The number of pyridine rings is 1. The summed E-state index contributed by atoms with van der Waals surface area (Å²) in [5.41, 5.74) is 4.02. The van der Waals surface area contributed by atoms with Crippen molar-refractivity contribution < 1.29 is 27.5 Å². The van der Waals surface area contributed by atoms with Gasteiger partial charge < -0.3 is 4.74 Å². The van der Waals surface area contributed by atoms with E-state index in [2.05, 4.69) is 9.97 Å². The average molecular weight is 859 g/mol. The van der Waals surface area contributed by atoms with Crippen molar-refractivity contribution in [2.45, 2.75) is 16.3 Å². The molecule has 296 valence electrons. The van der Waals surface area contributed by atoms with Crippen LogP contribution in [0.15, 0.2) is 160 Å². The summed E-state index contributed by atoms with van der Waals surface area (Å²) in [6, 6.07) is 42.2. The number of amides is 2. The Morgan fingerprint density at radius 3 is 1.93 bits per heavy atom. The molecule has 0 saturated heterocycles. The van der Waals surface area contributed by atoms with E-state index in [-0.39, 0.29) is 27.5 Å². The van der Waals surface area contributed by atoms with Gasteiger partial charge in [0, 0.05) is 12.5 Å². The summed E-state index contributed by atoms with van der Waals surface area (Å²) in [4.78, 5) is 56.7. The topological polar surface area (TPSA) is 146 Å². The summed E-state index contributed by atoms with van der Waals surface area (Å²) in [5.74, 6) is 0.993. The summed E-state index contributed by atoms with van der Waals surface area (Å²) in [7, 11) is -3.22. The quantitative estimate of drug-likeness (QED) is 0.154. The van der Waals surface area contributed by atoms with Crippen molar-refractivity contribution in [3.05, 3.63) is 173 Å². The van der Waals surface area contributed by atoms with Crippen molar-refractivity contribution in [1.29, 1.82) is 0 Å². The third kappa shape index (κ3) is 9.23. The van der Waals surface area contributed by atoms with Crippen LogP contribution in [0.2, 0.25) is 0 Å². The van der Waals surface area contributed by atoms with E-state index in [1.807, 2.05) is 79.7 Å². The third-order valence-corrected chi connectivity index (χ3v) is 13.5. The predicted molar refractivity (Wildman–Crippen MR) is 235 cm³/mol. The van der Waals surface area contributed by atoms with Crippen molar-refractivity contribution in [3.8, 4) is 11.4 Å². The number of imide groups is 1. The first-order valence-electron chi connectivity index (χ1n) is 18.1. The van der Waals surface area contributed by atoms with Crippen LogP contribution in [0.3, 0.4) is 0 Å². The molecule has 8 aromatic rings. The minimum Gasteiger partial charge on any atom is -0.494 e. The molecular formula is C44H34N4O7S4. The summed E-state index contributed by atoms with van der Waals surface area (Å²) >= 11 is 4.16. The van der Waals surface area contributed by atoms with E-state index in [9.17, 15) is 27.6 Å². The van der Waals surface area contributed by atoms with Crippen LogP contribution in [0.4, 0.5) is 5.69 Å². The fourth-order valence-corrected chi connectivity index (χ4v) is 9.69. The maximum absolute atomic E-state index is 12.1. The number of ketones is 1. The number of benzene rings is 5. The Hall–Kier alpha value is -6.26. The summed E-state index contributed by atoms with van der Waals surface area (Å²) in [5, 5.41) is 1.67. The smallest absolute Gasteiger partial charge is 0.273 e. The van der Waals surface area contributed by atoms with E-state index >= 15 is 0 Å². The van der Waals surface area contributed by atoms with Crippen LogP contribution in [-0.2, 0) is 9.84 Å². The molecule has 2 amide bonds. The number of para-hydroxylation sites is 2. The molecule has 11 nitrogen and oxygen atoms in total. The SMILES string of the molecule is CCOc1ccc2nc(S(C)(=O)=O)sc2c1.O=C1CSc2ncccc21.O=C1c2ccccc2C(=O)N1c1ccccc1.O=c1c2ccccc2sn1-c1ccccc1. The van der Waals surface area contributed by atoms with E-state index in [1.165, 1.54) is 39.5 Å². The maximum Gasteiger partial charge on any atom is 0.273 e. The number of fused-ring (bicyclic) bond motifs is 4. The van der Waals surface area contributed by atoms with Crippen molar-refractivity contribution in [1.82, 2.24) is 13.9 Å². The Balaban J connectivity index is 0.000000121. The van der Waals surface area contributed by atoms with Gasteiger partial charge in [-0.3, -0.25) is 19.2 Å². The van der Waals surface area contributed by atoms with Gasteiger partial charge in [0.05, 0.1) is 60.7 Å². The van der Waals surface area contributed by atoms with E-state index < -0.39 is 9.84 Å².